The lowest BCUT2D eigenvalue weighted by molar-refractivity contribution is -0.122. The van der Waals surface area contributed by atoms with Gasteiger partial charge in [0.15, 0.2) is 17.2 Å². The number of nitrogens with one attached hydrogen (secondary N) is 1. The number of fused-ring (bicyclic) bond motifs is 1. The van der Waals surface area contributed by atoms with Gasteiger partial charge in [0.05, 0.1) is 10.7 Å². The van der Waals surface area contributed by atoms with Crippen molar-refractivity contribution in [1.29, 1.82) is 0 Å². The number of carboxylic acids is 1. The van der Waals surface area contributed by atoms with Crippen LogP contribution in [0.2, 0.25) is 0 Å². The van der Waals surface area contributed by atoms with E-state index >= 15 is 0 Å². The molecule has 9 nitrogen and oxygen atoms in total. The fourth-order valence-electron chi connectivity index (χ4n) is 2.14. The number of aromatic carboxylic acids is 1. The summed E-state index contributed by atoms with van der Waals surface area (Å²) < 4.78 is 13.0. The van der Waals surface area contributed by atoms with Gasteiger partial charge in [0.2, 0.25) is 5.91 Å². The van der Waals surface area contributed by atoms with E-state index in [4.69, 9.17) is 14.6 Å². The van der Waals surface area contributed by atoms with E-state index in [2.05, 4.69) is 31.6 Å². The molecule has 2 aromatic rings. The molecule has 10 heteroatoms. The van der Waals surface area contributed by atoms with Crippen LogP contribution in [0.3, 0.4) is 0 Å². The van der Waals surface area contributed by atoms with Crippen molar-refractivity contribution >= 4 is 27.8 Å². The molecule has 2 N–H and O–H groups in total. The summed E-state index contributed by atoms with van der Waals surface area (Å²) in [4.78, 5) is 22.6. The van der Waals surface area contributed by atoms with Crippen LogP contribution in [0, 0.1) is 0 Å². The lowest BCUT2D eigenvalue weighted by atomic mass is 10.2. The SMILES string of the molecule is O=C(Cn1cc(C(=O)O)nn1)NCc1cc(Br)c2c(c1)OCCO2. The van der Waals surface area contributed by atoms with E-state index in [0.29, 0.717) is 24.7 Å². The van der Waals surface area contributed by atoms with Crippen molar-refractivity contribution in [3.63, 3.8) is 0 Å². The average Bonchev–Trinajstić information content (AvgIpc) is 3.02. The van der Waals surface area contributed by atoms with Crippen LogP contribution in [-0.4, -0.2) is 45.2 Å². The van der Waals surface area contributed by atoms with Crippen LogP contribution in [0.25, 0.3) is 0 Å². The first kappa shape index (κ1) is 16.2. The zero-order chi connectivity index (χ0) is 17.1. The molecule has 1 aliphatic rings. The molecule has 1 aromatic heterocycles. The zero-order valence-electron chi connectivity index (χ0n) is 12.4. The minimum Gasteiger partial charge on any atom is -0.486 e. The largest absolute Gasteiger partial charge is 0.486 e. The second kappa shape index (κ2) is 6.87. The third-order valence-corrected chi connectivity index (χ3v) is 3.80. The molecule has 0 fully saturated rings. The van der Waals surface area contributed by atoms with Crippen LogP contribution in [0.4, 0.5) is 0 Å². The summed E-state index contributed by atoms with van der Waals surface area (Å²) in [5.74, 6) is -0.229. The Morgan fingerprint density at radius 3 is 2.88 bits per heavy atom. The molecule has 0 radical (unpaired) electrons. The first-order chi connectivity index (χ1) is 11.5. The Hall–Kier alpha value is -2.62. The van der Waals surface area contributed by atoms with Crippen LogP contribution < -0.4 is 14.8 Å². The fraction of sp³-hybridized carbons (Fsp3) is 0.286. The van der Waals surface area contributed by atoms with Gasteiger partial charge in [-0.15, -0.1) is 5.10 Å². The van der Waals surface area contributed by atoms with E-state index in [1.165, 1.54) is 10.9 Å². The van der Waals surface area contributed by atoms with Crippen molar-refractivity contribution in [2.24, 2.45) is 0 Å². The normalized spacial score (nSPS) is 12.7. The average molecular weight is 397 g/mol. The molecule has 24 heavy (non-hydrogen) atoms. The topological polar surface area (TPSA) is 116 Å². The highest BCUT2D eigenvalue weighted by Gasteiger charge is 2.17. The molecule has 126 valence electrons. The Labute approximate surface area is 144 Å². The van der Waals surface area contributed by atoms with Crippen LogP contribution in [0.5, 0.6) is 11.5 Å². The number of carboxylic acid groups (broad SMARTS) is 1. The third-order valence-electron chi connectivity index (χ3n) is 3.21. The minimum atomic E-state index is -1.19. The molecule has 0 saturated heterocycles. The van der Waals surface area contributed by atoms with Gasteiger partial charge in [-0.2, -0.15) is 0 Å². The minimum absolute atomic E-state index is 0.119. The molecule has 3 rings (SSSR count). The molecular weight excluding hydrogens is 384 g/mol. The molecule has 0 unspecified atom stereocenters. The number of halogens is 1. The molecule has 0 aliphatic carbocycles. The lowest BCUT2D eigenvalue weighted by Gasteiger charge is -2.20. The molecule has 0 bridgehead atoms. The van der Waals surface area contributed by atoms with E-state index in [9.17, 15) is 9.59 Å². The Morgan fingerprint density at radius 1 is 1.33 bits per heavy atom. The van der Waals surface area contributed by atoms with Gasteiger partial charge in [-0.05, 0) is 33.6 Å². The van der Waals surface area contributed by atoms with Gasteiger partial charge < -0.3 is 19.9 Å². The van der Waals surface area contributed by atoms with Crippen molar-refractivity contribution in [3.8, 4) is 11.5 Å². The highest BCUT2D eigenvalue weighted by Crippen LogP contribution is 2.38. The highest BCUT2D eigenvalue weighted by atomic mass is 79.9. The Morgan fingerprint density at radius 2 is 2.12 bits per heavy atom. The number of benzene rings is 1. The van der Waals surface area contributed by atoms with Crippen molar-refractivity contribution in [3.05, 3.63) is 34.1 Å². The second-order valence-electron chi connectivity index (χ2n) is 4.99. The molecule has 1 aromatic carbocycles. The van der Waals surface area contributed by atoms with E-state index in [-0.39, 0.29) is 24.7 Å². The Bertz CT molecular complexity index is 791. The summed E-state index contributed by atoms with van der Waals surface area (Å²) >= 11 is 3.41. The Kier molecular flexibility index (Phi) is 4.65. The summed E-state index contributed by atoms with van der Waals surface area (Å²) in [5.41, 5.74) is 0.628. The van der Waals surface area contributed by atoms with Gasteiger partial charge in [0.1, 0.15) is 19.8 Å². The predicted octanol–water partition coefficient (Wildman–Crippen LogP) is 0.826. The summed E-state index contributed by atoms with van der Waals surface area (Å²) in [6.45, 7) is 1.14. The van der Waals surface area contributed by atoms with Gasteiger partial charge >= 0.3 is 5.97 Å². The van der Waals surface area contributed by atoms with Gasteiger partial charge in [-0.1, -0.05) is 5.21 Å². The number of nitrogens with zero attached hydrogens (tertiary/aromatic N) is 3. The molecule has 0 saturated carbocycles. The maximum atomic E-state index is 11.9. The lowest BCUT2D eigenvalue weighted by Crippen LogP contribution is -2.27. The van der Waals surface area contributed by atoms with Crippen molar-refractivity contribution in [2.45, 2.75) is 13.1 Å². The van der Waals surface area contributed by atoms with Crippen LogP contribution in [0.1, 0.15) is 16.1 Å². The fourth-order valence-corrected chi connectivity index (χ4v) is 2.75. The van der Waals surface area contributed by atoms with E-state index < -0.39 is 5.97 Å². The van der Waals surface area contributed by atoms with Crippen LogP contribution >= 0.6 is 15.9 Å². The third kappa shape index (κ3) is 3.65. The van der Waals surface area contributed by atoms with Crippen molar-refractivity contribution in [2.75, 3.05) is 13.2 Å². The molecular formula is C14H13BrN4O5. The molecule has 1 aliphatic heterocycles. The van der Waals surface area contributed by atoms with E-state index in [0.717, 1.165) is 10.0 Å². The van der Waals surface area contributed by atoms with Crippen molar-refractivity contribution in [1.82, 2.24) is 20.3 Å². The first-order valence-electron chi connectivity index (χ1n) is 7.01. The van der Waals surface area contributed by atoms with Gasteiger partial charge in [-0.25, -0.2) is 9.48 Å². The zero-order valence-corrected chi connectivity index (χ0v) is 13.9. The monoisotopic (exact) mass is 396 g/mol. The summed E-state index contributed by atoms with van der Waals surface area (Å²) in [5, 5.41) is 18.5. The van der Waals surface area contributed by atoms with Gasteiger partial charge in [0, 0.05) is 6.54 Å². The molecule has 0 atom stereocenters. The predicted molar refractivity (Wildman–Crippen MR) is 84.0 cm³/mol. The Balaban J connectivity index is 1.59. The summed E-state index contributed by atoms with van der Waals surface area (Å²) in [6.07, 6.45) is 1.20. The number of hydrogen-bond acceptors (Lipinski definition) is 6. The summed E-state index contributed by atoms with van der Waals surface area (Å²) in [7, 11) is 0. The van der Waals surface area contributed by atoms with Gasteiger partial charge in [0.25, 0.3) is 0 Å². The second-order valence-corrected chi connectivity index (χ2v) is 5.84. The smallest absolute Gasteiger partial charge is 0.358 e. The number of rotatable bonds is 5. The van der Waals surface area contributed by atoms with Gasteiger partial charge in [-0.3, -0.25) is 4.79 Å². The molecule has 1 amide bonds. The molecule has 0 spiro atoms. The van der Waals surface area contributed by atoms with E-state index in [1.54, 1.807) is 6.07 Å². The standard InChI is InChI=1S/C14H13BrN4O5/c15-9-3-8(4-11-13(9)24-2-1-23-11)5-16-12(20)7-19-6-10(14(21)22)17-18-19/h3-4,6H,1-2,5,7H2,(H,16,20)(H,21,22). The number of amides is 1. The number of aromatic nitrogens is 3. The molecule has 2 heterocycles. The number of carbonyl (C=O) groups is 2. The van der Waals surface area contributed by atoms with E-state index in [1.807, 2.05) is 6.07 Å². The maximum absolute atomic E-state index is 11.9. The summed E-state index contributed by atoms with van der Waals surface area (Å²) in [6, 6.07) is 3.64. The number of carbonyl (C=O) groups excluding carboxylic acids is 1. The first-order valence-corrected chi connectivity index (χ1v) is 7.80. The van der Waals surface area contributed by atoms with Crippen LogP contribution in [0.15, 0.2) is 22.8 Å². The maximum Gasteiger partial charge on any atom is 0.358 e. The number of ether oxygens (including phenoxy) is 2. The highest BCUT2D eigenvalue weighted by molar-refractivity contribution is 9.10. The quantitative estimate of drug-likeness (QED) is 0.768. The van der Waals surface area contributed by atoms with Crippen molar-refractivity contribution < 1.29 is 24.2 Å². The number of hydrogen-bond donors (Lipinski definition) is 2. The van der Waals surface area contributed by atoms with Crippen LogP contribution in [-0.2, 0) is 17.9 Å².